The molecule has 1 fully saturated rings. The third kappa shape index (κ3) is 2.80. The number of halogens is 1. The highest BCUT2D eigenvalue weighted by Gasteiger charge is 2.17. The van der Waals surface area contributed by atoms with Gasteiger partial charge < -0.3 is 4.74 Å². The van der Waals surface area contributed by atoms with Gasteiger partial charge in [0.25, 0.3) is 5.56 Å². The van der Waals surface area contributed by atoms with Crippen molar-refractivity contribution in [2.75, 3.05) is 7.11 Å². The van der Waals surface area contributed by atoms with Gasteiger partial charge in [0.1, 0.15) is 0 Å². The molecular weight excluding hydrogens is 240 g/mol. The van der Waals surface area contributed by atoms with E-state index < -0.39 is 0 Å². The first-order valence-electron chi connectivity index (χ1n) is 6.01. The number of methoxy groups -OCH3 is 1. The predicted molar refractivity (Wildman–Crippen MR) is 66.6 cm³/mol. The SMILES string of the molecule is COc1c(Cl)ncn(CC2CCCCC2)c1=O. The van der Waals surface area contributed by atoms with E-state index in [0.717, 1.165) is 6.54 Å². The van der Waals surface area contributed by atoms with Gasteiger partial charge in [-0.1, -0.05) is 30.9 Å². The van der Waals surface area contributed by atoms with Gasteiger partial charge in [0.15, 0.2) is 5.15 Å². The summed E-state index contributed by atoms with van der Waals surface area (Å²) in [5, 5.41) is 0.136. The van der Waals surface area contributed by atoms with Crippen LogP contribution in [0.3, 0.4) is 0 Å². The molecule has 0 amide bonds. The molecule has 1 aliphatic carbocycles. The summed E-state index contributed by atoms with van der Waals surface area (Å²) in [4.78, 5) is 16.0. The van der Waals surface area contributed by atoms with Gasteiger partial charge in [-0.3, -0.25) is 9.36 Å². The summed E-state index contributed by atoms with van der Waals surface area (Å²) in [6, 6.07) is 0. The van der Waals surface area contributed by atoms with Gasteiger partial charge >= 0.3 is 0 Å². The monoisotopic (exact) mass is 256 g/mol. The number of hydrogen-bond donors (Lipinski definition) is 0. The van der Waals surface area contributed by atoms with Crippen LogP contribution in [0.2, 0.25) is 5.15 Å². The molecule has 4 nitrogen and oxygen atoms in total. The van der Waals surface area contributed by atoms with Gasteiger partial charge in [0.05, 0.1) is 13.4 Å². The average Bonchev–Trinajstić information content (AvgIpc) is 2.35. The molecule has 0 atom stereocenters. The van der Waals surface area contributed by atoms with Crippen molar-refractivity contribution < 1.29 is 4.74 Å². The Morgan fingerprint density at radius 3 is 2.82 bits per heavy atom. The fourth-order valence-electron chi connectivity index (χ4n) is 2.40. The molecule has 0 aliphatic heterocycles. The maximum Gasteiger partial charge on any atom is 0.297 e. The van der Waals surface area contributed by atoms with Gasteiger partial charge in [-0.2, -0.15) is 0 Å². The van der Waals surface area contributed by atoms with Crippen LogP contribution in [0.1, 0.15) is 32.1 Å². The molecule has 0 aromatic carbocycles. The number of hydrogen-bond acceptors (Lipinski definition) is 3. The first kappa shape index (κ1) is 12.4. The van der Waals surface area contributed by atoms with Crippen LogP contribution in [-0.2, 0) is 6.54 Å². The molecule has 0 N–H and O–H groups in total. The Morgan fingerprint density at radius 1 is 1.47 bits per heavy atom. The summed E-state index contributed by atoms with van der Waals surface area (Å²) in [5.74, 6) is 0.721. The second-order valence-corrected chi connectivity index (χ2v) is 4.89. The predicted octanol–water partition coefficient (Wildman–Crippen LogP) is 2.49. The van der Waals surface area contributed by atoms with Crippen molar-refractivity contribution in [2.24, 2.45) is 5.92 Å². The van der Waals surface area contributed by atoms with Crippen LogP contribution in [0.5, 0.6) is 5.75 Å². The molecule has 0 unspecified atom stereocenters. The van der Waals surface area contributed by atoms with E-state index in [1.54, 1.807) is 4.57 Å². The molecule has 94 valence electrons. The third-order valence-electron chi connectivity index (χ3n) is 3.34. The lowest BCUT2D eigenvalue weighted by Crippen LogP contribution is -2.26. The molecule has 0 spiro atoms. The molecule has 0 bridgehead atoms. The van der Waals surface area contributed by atoms with Crippen molar-refractivity contribution in [1.82, 2.24) is 9.55 Å². The second-order valence-electron chi connectivity index (χ2n) is 4.53. The highest BCUT2D eigenvalue weighted by molar-refractivity contribution is 6.30. The van der Waals surface area contributed by atoms with Crippen LogP contribution in [0.4, 0.5) is 0 Å². The largest absolute Gasteiger partial charge is 0.489 e. The van der Waals surface area contributed by atoms with Crippen LogP contribution in [0.15, 0.2) is 11.1 Å². The molecule has 17 heavy (non-hydrogen) atoms. The normalized spacial score (nSPS) is 17.1. The highest BCUT2D eigenvalue weighted by atomic mass is 35.5. The van der Waals surface area contributed by atoms with E-state index in [1.165, 1.54) is 45.5 Å². The molecule has 5 heteroatoms. The summed E-state index contributed by atoms with van der Waals surface area (Å²) in [6.45, 7) is 0.722. The maximum absolute atomic E-state index is 12.0. The van der Waals surface area contributed by atoms with Crippen LogP contribution in [0.25, 0.3) is 0 Å². The first-order valence-corrected chi connectivity index (χ1v) is 6.39. The van der Waals surface area contributed by atoms with Gasteiger partial charge in [0, 0.05) is 6.54 Å². The van der Waals surface area contributed by atoms with Crippen molar-refractivity contribution >= 4 is 11.6 Å². The molecule has 1 aromatic rings. The Balaban J connectivity index is 2.18. The first-order chi connectivity index (χ1) is 8.22. The summed E-state index contributed by atoms with van der Waals surface area (Å²) in [7, 11) is 1.44. The van der Waals surface area contributed by atoms with E-state index in [2.05, 4.69) is 4.98 Å². The fraction of sp³-hybridized carbons (Fsp3) is 0.667. The smallest absolute Gasteiger partial charge is 0.297 e. The summed E-state index contributed by atoms with van der Waals surface area (Å²) in [6.07, 6.45) is 7.74. The van der Waals surface area contributed by atoms with Crippen molar-refractivity contribution in [3.63, 3.8) is 0 Å². The minimum atomic E-state index is -0.182. The standard InChI is InChI=1S/C12H17ClN2O2/c1-17-10-11(13)14-8-15(12(10)16)7-9-5-3-2-4-6-9/h8-9H,2-7H2,1H3. The topological polar surface area (TPSA) is 44.1 Å². The molecular formula is C12H17ClN2O2. The second kappa shape index (κ2) is 5.54. The average molecular weight is 257 g/mol. The van der Waals surface area contributed by atoms with E-state index >= 15 is 0 Å². The Bertz CT molecular complexity index is 439. The van der Waals surface area contributed by atoms with E-state index in [9.17, 15) is 4.79 Å². The molecule has 0 radical (unpaired) electrons. The Labute approximate surface area is 106 Å². The summed E-state index contributed by atoms with van der Waals surface area (Å²) < 4.78 is 6.59. The highest BCUT2D eigenvalue weighted by Crippen LogP contribution is 2.25. The van der Waals surface area contributed by atoms with Crippen molar-refractivity contribution in [3.8, 4) is 5.75 Å². The molecule has 0 saturated heterocycles. The van der Waals surface area contributed by atoms with Crippen LogP contribution in [0, 0.1) is 5.92 Å². The van der Waals surface area contributed by atoms with Crippen molar-refractivity contribution in [2.45, 2.75) is 38.6 Å². The van der Waals surface area contributed by atoms with E-state index in [-0.39, 0.29) is 16.5 Å². The molecule has 1 aromatic heterocycles. The molecule has 2 rings (SSSR count). The van der Waals surface area contributed by atoms with Crippen LogP contribution < -0.4 is 10.3 Å². The quantitative estimate of drug-likeness (QED) is 0.781. The lowest BCUT2D eigenvalue weighted by molar-refractivity contribution is 0.310. The zero-order valence-electron chi connectivity index (χ0n) is 9.99. The van der Waals surface area contributed by atoms with Crippen molar-refractivity contribution in [3.05, 3.63) is 21.8 Å². The van der Waals surface area contributed by atoms with Crippen LogP contribution in [-0.4, -0.2) is 16.7 Å². The number of ether oxygens (including phenoxy) is 1. The van der Waals surface area contributed by atoms with Gasteiger partial charge in [0.2, 0.25) is 5.75 Å². The van der Waals surface area contributed by atoms with Gasteiger partial charge in [-0.25, -0.2) is 4.98 Å². The molecule has 1 aliphatic rings. The lowest BCUT2D eigenvalue weighted by Gasteiger charge is -2.22. The molecule has 1 saturated carbocycles. The zero-order chi connectivity index (χ0) is 12.3. The molecule has 1 heterocycles. The minimum Gasteiger partial charge on any atom is -0.489 e. The van der Waals surface area contributed by atoms with Crippen molar-refractivity contribution in [1.29, 1.82) is 0 Å². The minimum absolute atomic E-state index is 0.136. The van der Waals surface area contributed by atoms with E-state index in [0.29, 0.717) is 5.92 Å². The van der Waals surface area contributed by atoms with E-state index in [1.807, 2.05) is 0 Å². The Morgan fingerprint density at radius 2 is 2.18 bits per heavy atom. The van der Waals surface area contributed by atoms with Gasteiger partial charge in [-0.05, 0) is 18.8 Å². The number of nitrogens with zero attached hydrogens (tertiary/aromatic N) is 2. The van der Waals surface area contributed by atoms with Gasteiger partial charge in [-0.15, -0.1) is 0 Å². The summed E-state index contributed by atoms with van der Waals surface area (Å²) >= 11 is 5.79. The Hall–Kier alpha value is -1.03. The number of rotatable bonds is 3. The fourth-order valence-corrected chi connectivity index (χ4v) is 2.60. The Kier molecular flexibility index (Phi) is 4.05. The lowest BCUT2D eigenvalue weighted by atomic mass is 9.89. The van der Waals surface area contributed by atoms with E-state index in [4.69, 9.17) is 16.3 Å². The third-order valence-corrected chi connectivity index (χ3v) is 3.61. The zero-order valence-corrected chi connectivity index (χ0v) is 10.7. The van der Waals surface area contributed by atoms with Crippen LogP contribution >= 0.6 is 11.6 Å². The number of aromatic nitrogens is 2. The maximum atomic E-state index is 12.0. The summed E-state index contributed by atoms with van der Waals surface area (Å²) in [5.41, 5.74) is -0.182.